The molecule has 0 bridgehead atoms. The minimum absolute atomic E-state index is 0.00177. The summed E-state index contributed by atoms with van der Waals surface area (Å²) in [5.41, 5.74) is 4.64. The zero-order chi connectivity index (χ0) is 19.2. The first-order chi connectivity index (χ1) is 13.8. The Balaban J connectivity index is 1.50. The Morgan fingerprint density at radius 3 is 2.29 bits per heavy atom. The molecule has 0 N–H and O–H groups in total. The smallest absolute Gasteiger partial charge is 0.185 e. The summed E-state index contributed by atoms with van der Waals surface area (Å²) < 4.78 is 0. The first kappa shape index (κ1) is 17.6. The van der Waals surface area contributed by atoms with Crippen molar-refractivity contribution >= 4 is 34.9 Å². The molecule has 0 unspecified atom stereocenters. The molecule has 0 aliphatic rings. The van der Waals surface area contributed by atoms with E-state index in [1.54, 1.807) is 6.08 Å². The molecule has 4 aromatic rings. The lowest BCUT2D eigenvalue weighted by Gasteiger charge is -2.00. The highest BCUT2D eigenvalue weighted by Gasteiger charge is 2.00. The number of rotatable bonds is 5. The largest absolute Gasteiger partial charge is 0.289 e. The summed E-state index contributed by atoms with van der Waals surface area (Å²) in [7, 11) is 0. The van der Waals surface area contributed by atoms with Crippen LogP contribution in [0, 0.1) is 0 Å². The number of hydrogen-bond acceptors (Lipinski definition) is 2. The van der Waals surface area contributed by atoms with Crippen LogP contribution in [0.3, 0.4) is 0 Å². The van der Waals surface area contributed by atoms with Crippen LogP contribution < -0.4 is 0 Å². The van der Waals surface area contributed by atoms with E-state index in [0.717, 1.165) is 27.7 Å². The van der Waals surface area contributed by atoms with Crippen molar-refractivity contribution in [3.63, 3.8) is 0 Å². The van der Waals surface area contributed by atoms with E-state index in [1.807, 2.05) is 97.1 Å². The maximum absolute atomic E-state index is 12.2. The molecule has 2 nitrogen and oxygen atoms in total. The molecule has 1 aromatic heterocycles. The van der Waals surface area contributed by atoms with Crippen molar-refractivity contribution in [2.24, 2.45) is 0 Å². The number of pyridine rings is 1. The Hall–Kier alpha value is -3.78. The van der Waals surface area contributed by atoms with Gasteiger partial charge in [-0.15, -0.1) is 0 Å². The summed E-state index contributed by atoms with van der Waals surface area (Å²) in [4.78, 5) is 16.9. The molecule has 0 aliphatic heterocycles. The molecule has 0 fully saturated rings. The summed E-state index contributed by atoms with van der Waals surface area (Å²) >= 11 is 0. The van der Waals surface area contributed by atoms with Crippen LogP contribution in [-0.2, 0) is 0 Å². The fourth-order valence-corrected chi connectivity index (χ4v) is 2.99. The number of allylic oxidation sites excluding steroid dienone is 1. The Bertz CT molecular complexity index is 1170. The van der Waals surface area contributed by atoms with Crippen LogP contribution in [-0.4, -0.2) is 10.8 Å². The average Bonchev–Trinajstić information content (AvgIpc) is 2.77. The van der Waals surface area contributed by atoms with Crippen LogP contribution in [0.2, 0.25) is 0 Å². The molecule has 0 saturated carbocycles. The van der Waals surface area contributed by atoms with E-state index < -0.39 is 0 Å². The predicted molar refractivity (Wildman–Crippen MR) is 117 cm³/mol. The molecule has 1 heterocycles. The van der Waals surface area contributed by atoms with E-state index in [9.17, 15) is 4.79 Å². The first-order valence-corrected chi connectivity index (χ1v) is 9.19. The van der Waals surface area contributed by atoms with Crippen LogP contribution in [0.1, 0.15) is 27.2 Å². The molecular formula is C26H19NO. The Kier molecular flexibility index (Phi) is 5.21. The molecule has 0 saturated heterocycles. The highest BCUT2D eigenvalue weighted by Crippen LogP contribution is 2.15. The van der Waals surface area contributed by atoms with Crippen molar-refractivity contribution in [3.05, 3.63) is 119 Å². The highest BCUT2D eigenvalue weighted by atomic mass is 16.1. The molecule has 134 valence electrons. The van der Waals surface area contributed by atoms with Crippen molar-refractivity contribution in [2.45, 2.75) is 0 Å². The third-order valence-electron chi connectivity index (χ3n) is 4.46. The SMILES string of the molecule is O=C(/C=C/c1cccc(/C=C/c2ccc3ccccc3n2)c1)c1ccccc1. The average molecular weight is 361 g/mol. The number of benzene rings is 3. The van der Waals surface area contributed by atoms with Gasteiger partial charge < -0.3 is 0 Å². The highest BCUT2D eigenvalue weighted by molar-refractivity contribution is 6.06. The topological polar surface area (TPSA) is 30.0 Å². The van der Waals surface area contributed by atoms with E-state index in [1.165, 1.54) is 0 Å². The maximum atomic E-state index is 12.2. The van der Waals surface area contributed by atoms with Gasteiger partial charge in [-0.05, 0) is 41.5 Å². The fraction of sp³-hybridized carbons (Fsp3) is 0. The monoisotopic (exact) mass is 361 g/mol. The Morgan fingerprint density at radius 2 is 1.43 bits per heavy atom. The molecule has 0 radical (unpaired) electrons. The van der Waals surface area contributed by atoms with Crippen LogP contribution >= 0.6 is 0 Å². The molecular weight excluding hydrogens is 342 g/mol. The number of nitrogens with zero attached hydrogens (tertiary/aromatic N) is 1. The number of carbonyl (C=O) groups excluding carboxylic acids is 1. The molecule has 2 heteroatoms. The number of fused-ring (bicyclic) bond motifs is 1. The lowest BCUT2D eigenvalue weighted by atomic mass is 10.1. The first-order valence-electron chi connectivity index (χ1n) is 9.19. The van der Waals surface area contributed by atoms with Gasteiger partial charge in [0.05, 0.1) is 11.2 Å². The van der Waals surface area contributed by atoms with Crippen molar-refractivity contribution in [2.75, 3.05) is 0 Å². The quantitative estimate of drug-likeness (QED) is 0.308. The van der Waals surface area contributed by atoms with Gasteiger partial charge in [-0.2, -0.15) is 0 Å². The van der Waals surface area contributed by atoms with E-state index in [-0.39, 0.29) is 5.78 Å². The Morgan fingerprint density at radius 1 is 0.679 bits per heavy atom. The van der Waals surface area contributed by atoms with Crippen LogP contribution in [0.5, 0.6) is 0 Å². The van der Waals surface area contributed by atoms with E-state index in [4.69, 9.17) is 0 Å². The number of carbonyl (C=O) groups is 1. The standard InChI is InChI=1S/C26H19NO/c28-26(23-10-2-1-3-11-23)18-14-21-8-6-7-20(19-21)13-16-24-17-15-22-9-4-5-12-25(22)27-24/h1-19H/b16-13+,18-14+. The lowest BCUT2D eigenvalue weighted by Crippen LogP contribution is -1.92. The number of hydrogen-bond donors (Lipinski definition) is 0. The van der Waals surface area contributed by atoms with Gasteiger partial charge >= 0.3 is 0 Å². The lowest BCUT2D eigenvalue weighted by molar-refractivity contribution is 0.104. The van der Waals surface area contributed by atoms with Gasteiger partial charge in [-0.1, -0.05) is 84.9 Å². The third-order valence-corrected chi connectivity index (χ3v) is 4.46. The summed E-state index contributed by atoms with van der Waals surface area (Å²) in [5.74, 6) is 0.00177. The molecule has 0 atom stereocenters. The number of para-hydroxylation sites is 1. The van der Waals surface area contributed by atoms with Crippen molar-refractivity contribution in [3.8, 4) is 0 Å². The van der Waals surface area contributed by atoms with E-state index >= 15 is 0 Å². The predicted octanol–water partition coefficient (Wildman–Crippen LogP) is 6.30. The zero-order valence-electron chi connectivity index (χ0n) is 15.3. The summed E-state index contributed by atoms with van der Waals surface area (Å²) in [6.45, 7) is 0. The van der Waals surface area contributed by atoms with Crippen LogP contribution in [0.4, 0.5) is 0 Å². The molecule has 0 aliphatic carbocycles. The van der Waals surface area contributed by atoms with Gasteiger partial charge in [0.2, 0.25) is 0 Å². The van der Waals surface area contributed by atoms with Gasteiger partial charge in [-0.25, -0.2) is 4.98 Å². The fourth-order valence-electron chi connectivity index (χ4n) is 2.99. The minimum atomic E-state index is 0.00177. The van der Waals surface area contributed by atoms with Gasteiger partial charge in [0.15, 0.2) is 5.78 Å². The van der Waals surface area contributed by atoms with Crippen molar-refractivity contribution in [1.82, 2.24) is 4.98 Å². The summed E-state index contributed by atoms with van der Waals surface area (Å²) in [6.07, 6.45) is 7.50. The second-order valence-electron chi connectivity index (χ2n) is 6.50. The maximum Gasteiger partial charge on any atom is 0.185 e. The van der Waals surface area contributed by atoms with Gasteiger partial charge in [0.1, 0.15) is 0 Å². The van der Waals surface area contributed by atoms with Crippen LogP contribution in [0.25, 0.3) is 29.1 Å². The zero-order valence-corrected chi connectivity index (χ0v) is 15.3. The third kappa shape index (κ3) is 4.30. The summed E-state index contributed by atoms with van der Waals surface area (Å²) in [5, 5.41) is 1.13. The molecule has 4 rings (SSSR count). The second kappa shape index (κ2) is 8.28. The Labute approximate surface area is 164 Å². The van der Waals surface area contributed by atoms with Gasteiger partial charge in [0, 0.05) is 10.9 Å². The van der Waals surface area contributed by atoms with Gasteiger partial charge in [0.25, 0.3) is 0 Å². The molecule has 0 spiro atoms. The summed E-state index contributed by atoms with van der Waals surface area (Å²) in [6, 6.07) is 29.5. The minimum Gasteiger partial charge on any atom is -0.289 e. The van der Waals surface area contributed by atoms with Gasteiger partial charge in [-0.3, -0.25) is 4.79 Å². The normalized spacial score (nSPS) is 11.4. The van der Waals surface area contributed by atoms with E-state index in [2.05, 4.69) is 17.1 Å². The molecule has 0 amide bonds. The van der Waals surface area contributed by atoms with Crippen molar-refractivity contribution < 1.29 is 4.79 Å². The number of aromatic nitrogens is 1. The molecule has 3 aromatic carbocycles. The second-order valence-corrected chi connectivity index (χ2v) is 6.50. The van der Waals surface area contributed by atoms with Crippen molar-refractivity contribution in [1.29, 1.82) is 0 Å². The molecule has 28 heavy (non-hydrogen) atoms. The van der Waals surface area contributed by atoms with E-state index in [0.29, 0.717) is 5.56 Å². The number of ketones is 1. The van der Waals surface area contributed by atoms with Crippen LogP contribution in [0.15, 0.2) is 97.1 Å².